The van der Waals surface area contributed by atoms with E-state index in [0.717, 1.165) is 5.56 Å². The van der Waals surface area contributed by atoms with Gasteiger partial charge in [-0.05, 0) is 38.1 Å². The van der Waals surface area contributed by atoms with Gasteiger partial charge in [0.25, 0.3) is 0 Å². The minimum Gasteiger partial charge on any atom is -0.326 e. The summed E-state index contributed by atoms with van der Waals surface area (Å²) in [6.45, 7) is 0.664. The van der Waals surface area contributed by atoms with Crippen molar-refractivity contribution in [2.45, 2.75) is 33.4 Å². The Morgan fingerprint density at radius 2 is 1.96 bits per heavy atom. The molecule has 0 bridgehead atoms. The van der Waals surface area contributed by atoms with Crippen LogP contribution in [0.3, 0.4) is 0 Å². The van der Waals surface area contributed by atoms with E-state index in [1.165, 1.54) is 6.92 Å². The quantitative estimate of drug-likeness (QED) is 0.577. The zero-order chi connectivity index (χ0) is 19.6. The van der Waals surface area contributed by atoms with Crippen molar-refractivity contribution < 1.29 is 13.6 Å². The van der Waals surface area contributed by atoms with E-state index >= 15 is 0 Å². The van der Waals surface area contributed by atoms with Gasteiger partial charge in [0.15, 0.2) is 5.82 Å². The van der Waals surface area contributed by atoms with Crippen LogP contribution in [0.1, 0.15) is 29.3 Å². The maximum atomic E-state index is 12.9. The lowest BCUT2D eigenvalue weighted by Gasteiger charge is -2.07. The number of halogens is 3. The van der Waals surface area contributed by atoms with Crippen LogP contribution in [-0.4, -0.2) is 30.9 Å². The van der Waals surface area contributed by atoms with Crippen LogP contribution in [-0.2, 0) is 17.8 Å². The van der Waals surface area contributed by atoms with E-state index in [1.807, 2.05) is 0 Å². The highest BCUT2D eigenvalue weighted by Crippen LogP contribution is 2.21. The fourth-order valence-corrected chi connectivity index (χ4v) is 2.73. The van der Waals surface area contributed by atoms with Crippen molar-refractivity contribution in [3.05, 3.63) is 47.0 Å². The number of nitrogens with two attached hydrogens (primary N) is 1. The third-order valence-corrected chi connectivity index (χ3v) is 4.15. The van der Waals surface area contributed by atoms with E-state index in [1.54, 1.807) is 31.2 Å². The molecule has 150 valence electrons. The first-order valence-electron chi connectivity index (χ1n) is 8.23. The zero-order valence-electron chi connectivity index (χ0n) is 15.2. The third kappa shape index (κ3) is 4.52. The predicted octanol–water partition coefficient (Wildman–Crippen LogP) is 2.74. The molecular formula is C17H20ClF2N7O. The number of carbonyl (C=O) groups is 1. The molecule has 3 aromatic rings. The van der Waals surface area contributed by atoms with Crippen molar-refractivity contribution in [1.82, 2.24) is 25.0 Å². The van der Waals surface area contributed by atoms with Crippen molar-refractivity contribution in [3.63, 3.8) is 0 Å². The van der Waals surface area contributed by atoms with Gasteiger partial charge in [0.05, 0.1) is 18.7 Å². The molecule has 3 rings (SSSR count). The third-order valence-electron chi connectivity index (χ3n) is 4.15. The molecule has 0 saturated carbocycles. The molecule has 28 heavy (non-hydrogen) atoms. The van der Waals surface area contributed by atoms with Crippen LogP contribution in [0.5, 0.6) is 0 Å². The van der Waals surface area contributed by atoms with Crippen LogP contribution in [0.25, 0.3) is 11.4 Å². The number of benzene rings is 1. The number of aromatic nitrogens is 5. The van der Waals surface area contributed by atoms with E-state index in [9.17, 15) is 13.6 Å². The van der Waals surface area contributed by atoms with E-state index in [2.05, 4.69) is 25.6 Å². The van der Waals surface area contributed by atoms with Crippen molar-refractivity contribution in [1.29, 1.82) is 0 Å². The van der Waals surface area contributed by atoms with Crippen LogP contribution in [0.15, 0.2) is 24.3 Å². The number of amides is 1. The van der Waals surface area contributed by atoms with Gasteiger partial charge in [0.2, 0.25) is 5.91 Å². The maximum Gasteiger partial charge on any atom is 0.333 e. The molecule has 2 aromatic heterocycles. The van der Waals surface area contributed by atoms with Gasteiger partial charge < -0.3 is 11.1 Å². The molecule has 0 saturated heterocycles. The number of rotatable bonds is 6. The minimum absolute atomic E-state index is 0. The highest BCUT2D eigenvalue weighted by molar-refractivity contribution is 5.92. The van der Waals surface area contributed by atoms with Gasteiger partial charge in [-0.25, -0.2) is 9.67 Å². The summed E-state index contributed by atoms with van der Waals surface area (Å²) in [6.07, 6.45) is -0.0348. The molecule has 0 radical (unpaired) electrons. The Labute approximate surface area is 165 Å². The number of carbonyl (C=O) groups excluding carboxylic acids is 1. The summed E-state index contributed by atoms with van der Waals surface area (Å²) < 4.78 is 26.4. The Balaban J connectivity index is 0.00000280. The first kappa shape index (κ1) is 21.5. The lowest BCUT2D eigenvalue weighted by Crippen LogP contribution is -2.15. The molecule has 0 aliphatic rings. The molecule has 4 N–H and O–H groups in total. The molecule has 0 fully saturated rings. The van der Waals surface area contributed by atoms with Crippen molar-refractivity contribution in [2.75, 3.05) is 5.32 Å². The summed E-state index contributed by atoms with van der Waals surface area (Å²) in [5, 5.41) is 13.3. The SMILES string of the molecule is Cc1nn(C(F)F)c(C)c1CC(=O)Nc1ccc(-c2n[nH]c(CN)n2)cc1.Cl. The Morgan fingerprint density at radius 3 is 2.50 bits per heavy atom. The minimum atomic E-state index is -2.73. The number of anilines is 1. The number of nitrogens with one attached hydrogen (secondary N) is 2. The van der Waals surface area contributed by atoms with Crippen LogP contribution in [0, 0.1) is 13.8 Å². The van der Waals surface area contributed by atoms with Gasteiger partial charge in [-0.2, -0.15) is 19.0 Å². The first-order valence-corrected chi connectivity index (χ1v) is 8.23. The van der Waals surface area contributed by atoms with Gasteiger partial charge in [-0.15, -0.1) is 12.4 Å². The van der Waals surface area contributed by atoms with Crippen LogP contribution in [0.2, 0.25) is 0 Å². The fraction of sp³-hybridized carbons (Fsp3) is 0.294. The lowest BCUT2D eigenvalue weighted by molar-refractivity contribution is -0.115. The summed E-state index contributed by atoms with van der Waals surface area (Å²) >= 11 is 0. The molecule has 0 aliphatic heterocycles. The summed E-state index contributed by atoms with van der Waals surface area (Å²) in [6, 6.07) is 6.97. The second-order valence-corrected chi connectivity index (χ2v) is 5.98. The van der Waals surface area contributed by atoms with E-state index in [0.29, 0.717) is 33.3 Å². The largest absolute Gasteiger partial charge is 0.333 e. The Bertz CT molecular complexity index is 953. The Morgan fingerprint density at radius 1 is 1.29 bits per heavy atom. The average molecular weight is 412 g/mol. The summed E-state index contributed by atoms with van der Waals surface area (Å²) in [4.78, 5) is 16.5. The molecule has 2 heterocycles. The lowest BCUT2D eigenvalue weighted by atomic mass is 10.1. The highest BCUT2D eigenvalue weighted by atomic mass is 35.5. The number of hydrogen-bond donors (Lipinski definition) is 3. The number of nitrogens with zero attached hydrogens (tertiary/aromatic N) is 4. The molecule has 0 aliphatic carbocycles. The Kier molecular flexibility index (Phi) is 6.81. The number of H-pyrrole nitrogens is 1. The van der Waals surface area contributed by atoms with E-state index in [-0.39, 0.29) is 37.0 Å². The summed E-state index contributed by atoms with van der Waals surface area (Å²) in [5.74, 6) is 0.780. The van der Waals surface area contributed by atoms with E-state index in [4.69, 9.17) is 5.73 Å². The molecule has 0 spiro atoms. The molecular weight excluding hydrogens is 392 g/mol. The summed E-state index contributed by atoms with van der Waals surface area (Å²) in [7, 11) is 0. The second-order valence-electron chi connectivity index (χ2n) is 5.98. The molecule has 0 unspecified atom stereocenters. The molecule has 1 aromatic carbocycles. The van der Waals surface area contributed by atoms with Crippen molar-refractivity contribution in [3.8, 4) is 11.4 Å². The van der Waals surface area contributed by atoms with E-state index < -0.39 is 6.55 Å². The zero-order valence-corrected chi connectivity index (χ0v) is 16.1. The number of hydrogen-bond acceptors (Lipinski definition) is 5. The average Bonchev–Trinajstić information content (AvgIpc) is 3.22. The Hall–Kier alpha value is -2.85. The molecule has 0 atom stereocenters. The standard InChI is InChI=1S/C17H19F2N7O.ClH/c1-9-13(10(2)26(25-9)17(18)19)7-15(27)21-12-5-3-11(4-6-12)16-22-14(8-20)23-24-16;/h3-6,17H,7-8,20H2,1-2H3,(H,21,27)(H,22,23,24);1H. The van der Waals surface area contributed by atoms with Crippen LogP contribution in [0.4, 0.5) is 14.5 Å². The van der Waals surface area contributed by atoms with Crippen LogP contribution < -0.4 is 11.1 Å². The summed E-state index contributed by atoms with van der Waals surface area (Å²) in [5.41, 5.74) is 8.04. The van der Waals surface area contributed by atoms with Gasteiger partial charge in [0, 0.05) is 22.5 Å². The fourth-order valence-electron chi connectivity index (χ4n) is 2.73. The maximum absolute atomic E-state index is 12.9. The van der Waals surface area contributed by atoms with Gasteiger partial charge in [-0.3, -0.25) is 9.89 Å². The molecule has 1 amide bonds. The highest BCUT2D eigenvalue weighted by Gasteiger charge is 2.19. The topological polar surface area (TPSA) is 115 Å². The second kappa shape index (κ2) is 8.89. The number of aryl methyl sites for hydroxylation is 1. The normalized spacial score (nSPS) is 10.8. The van der Waals surface area contributed by atoms with Gasteiger partial charge in [-0.1, -0.05) is 0 Å². The van der Waals surface area contributed by atoms with Crippen molar-refractivity contribution >= 4 is 24.0 Å². The molecule has 8 nitrogen and oxygen atoms in total. The van der Waals surface area contributed by atoms with Gasteiger partial charge in [0.1, 0.15) is 5.82 Å². The van der Waals surface area contributed by atoms with Crippen LogP contribution >= 0.6 is 12.4 Å². The van der Waals surface area contributed by atoms with Crippen molar-refractivity contribution in [2.24, 2.45) is 5.73 Å². The predicted molar refractivity (Wildman–Crippen MR) is 102 cm³/mol. The molecule has 11 heteroatoms. The number of aromatic amines is 1. The smallest absolute Gasteiger partial charge is 0.326 e. The van der Waals surface area contributed by atoms with Gasteiger partial charge >= 0.3 is 6.55 Å². The number of alkyl halides is 2. The first-order chi connectivity index (χ1) is 12.9. The monoisotopic (exact) mass is 411 g/mol.